The predicted molar refractivity (Wildman–Crippen MR) is 228 cm³/mol. The Morgan fingerprint density at radius 1 is 0.304 bits per heavy atom. The zero-order chi connectivity index (χ0) is 38.6. The molecule has 0 aliphatic rings. The van der Waals surface area contributed by atoms with Crippen LogP contribution >= 0.6 is 0 Å². The molecule has 2 nitrogen and oxygen atoms in total. The van der Waals surface area contributed by atoms with Crippen LogP contribution in [0.5, 0.6) is 0 Å². The van der Waals surface area contributed by atoms with Gasteiger partial charge >= 0.3 is 349 Å². The standard InChI is InChI=1S/C7H7O.6C7H7.C3H5O.2Zr/c8-6-7-4-2-1-3-5-7;6*1-7-5-3-2-4-6-7;1-2-3-4;;/h1-5H,6H2;6*2-6H,1H2;2H,1,3H2;;/q-1;;;;;;;-1;2*+1. The number of benzene rings is 7. The van der Waals surface area contributed by atoms with E-state index in [-0.39, 0.29) is 0 Å². The Labute approximate surface area is 346 Å². The minimum atomic E-state index is -3.16. The van der Waals surface area contributed by atoms with E-state index in [9.17, 15) is 0 Å². The van der Waals surface area contributed by atoms with Crippen LogP contribution in [-0.2, 0) is 78.4 Å². The van der Waals surface area contributed by atoms with Gasteiger partial charge in [-0.2, -0.15) is 0 Å². The molecule has 0 saturated heterocycles. The zero-order valence-corrected chi connectivity index (χ0v) is 37.4. The van der Waals surface area contributed by atoms with Gasteiger partial charge in [0.1, 0.15) is 0 Å². The molecule has 0 radical (unpaired) electrons. The fraction of sp³-hybridized carbons (Fsp3) is 0.154. The van der Waals surface area contributed by atoms with Gasteiger partial charge in [-0.25, -0.2) is 0 Å². The molecule has 282 valence electrons. The maximum atomic E-state index is 7.04. The monoisotopic (exact) mass is 890 g/mol. The Kier molecular flexibility index (Phi) is 16.8. The molecule has 56 heavy (non-hydrogen) atoms. The number of hydrogen-bond donors (Lipinski definition) is 0. The molecule has 7 aromatic rings. The van der Waals surface area contributed by atoms with Crippen LogP contribution in [0.15, 0.2) is 225 Å². The molecular weight excluding hydrogens is 839 g/mol. The van der Waals surface area contributed by atoms with Crippen molar-refractivity contribution in [2.45, 2.75) is 31.4 Å². The molecule has 0 heterocycles. The molecule has 0 fully saturated rings. The van der Waals surface area contributed by atoms with Gasteiger partial charge in [0.15, 0.2) is 0 Å². The summed E-state index contributed by atoms with van der Waals surface area (Å²) in [6, 6.07) is 75.8. The summed E-state index contributed by atoms with van der Waals surface area (Å²) in [5, 5.41) is 0. The summed E-state index contributed by atoms with van der Waals surface area (Å²) in [5.41, 5.74) is 9.61. The van der Waals surface area contributed by atoms with E-state index >= 15 is 0 Å². The second-order valence-corrected chi connectivity index (χ2v) is 33.0. The third kappa shape index (κ3) is 13.9. The fourth-order valence-electron chi connectivity index (χ4n) is 7.53. The van der Waals surface area contributed by atoms with Crippen molar-refractivity contribution < 1.29 is 47.0 Å². The maximum absolute atomic E-state index is 7.04. The van der Waals surface area contributed by atoms with Crippen molar-refractivity contribution in [1.29, 1.82) is 0 Å². The third-order valence-corrected chi connectivity index (χ3v) is 29.4. The topological polar surface area (TPSA) is 18.5 Å². The van der Waals surface area contributed by atoms with E-state index in [4.69, 9.17) is 5.63 Å². The summed E-state index contributed by atoms with van der Waals surface area (Å²) in [6.45, 7) is 5.23. The summed E-state index contributed by atoms with van der Waals surface area (Å²) in [7, 11) is 0. The second kappa shape index (κ2) is 22.6. The van der Waals surface area contributed by atoms with E-state index in [1.165, 1.54) is 38.9 Å². The van der Waals surface area contributed by atoms with Gasteiger partial charge in [-0.15, -0.1) is 0 Å². The first-order valence-electron chi connectivity index (χ1n) is 19.8. The first-order chi connectivity index (χ1) is 27.6. The van der Waals surface area contributed by atoms with Crippen LogP contribution in [-0.4, -0.2) is 6.61 Å². The van der Waals surface area contributed by atoms with Crippen molar-refractivity contribution >= 4 is 0 Å². The third-order valence-electron chi connectivity index (χ3n) is 10.1. The molecule has 0 bridgehead atoms. The molecule has 7 aromatic carbocycles. The molecule has 4 heteroatoms. The average molecular weight is 893 g/mol. The Bertz CT molecular complexity index is 1890. The van der Waals surface area contributed by atoms with Crippen LogP contribution in [0.4, 0.5) is 0 Å². The van der Waals surface area contributed by atoms with Gasteiger partial charge in [0.05, 0.1) is 0 Å². The Hall–Kier alpha value is -4.03. The molecule has 0 unspecified atom stereocenters. The molecule has 0 spiro atoms. The molecule has 0 aromatic heterocycles. The van der Waals surface area contributed by atoms with E-state index in [0.29, 0.717) is 13.2 Å². The molecular formula is C52H54O2Zr2. The van der Waals surface area contributed by atoms with Gasteiger partial charge in [-0.1, -0.05) is 0 Å². The predicted octanol–water partition coefficient (Wildman–Crippen LogP) is 12.7. The van der Waals surface area contributed by atoms with Crippen LogP contribution in [0, 0.1) is 0 Å². The van der Waals surface area contributed by atoms with Gasteiger partial charge in [0, 0.05) is 0 Å². The first-order valence-corrected chi connectivity index (χ1v) is 32.2. The van der Waals surface area contributed by atoms with Crippen molar-refractivity contribution in [3.05, 3.63) is 264 Å². The van der Waals surface area contributed by atoms with E-state index < -0.39 is 41.4 Å². The molecule has 0 aliphatic heterocycles. The van der Waals surface area contributed by atoms with Crippen molar-refractivity contribution in [2.75, 3.05) is 6.61 Å². The van der Waals surface area contributed by atoms with Crippen molar-refractivity contribution in [3.8, 4) is 0 Å². The van der Waals surface area contributed by atoms with E-state index in [0.717, 1.165) is 24.8 Å². The van der Waals surface area contributed by atoms with Crippen molar-refractivity contribution in [3.63, 3.8) is 0 Å². The summed E-state index contributed by atoms with van der Waals surface area (Å²) in [5.74, 6) is 0. The van der Waals surface area contributed by atoms with E-state index in [1.807, 2.05) is 6.08 Å². The van der Waals surface area contributed by atoms with Crippen LogP contribution in [0.1, 0.15) is 38.9 Å². The summed E-state index contributed by atoms with van der Waals surface area (Å²) in [6.07, 6.45) is 1.90. The van der Waals surface area contributed by atoms with Crippen LogP contribution in [0.25, 0.3) is 0 Å². The molecule has 0 saturated carbocycles. The molecule has 0 atom stereocenters. The SMILES string of the molecule is C=CC[O][Zr]([CH2]c1ccccc1)([CH2]c1ccccc1)[CH2]c1ccccc1.c1ccc(C[O][Zr]([CH2]c2ccccc2)([CH2]c2ccccc2)[CH2]c2ccccc2)cc1. The number of rotatable bonds is 18. The van der Waals surface area contributed by atoms with Gasteiger partial charge in [0.2, 0.25) is 0 Å². The fourth-order valence-corrected chi connectivity index (χ4v) is 27.7. The normalized spacial score (nSPS) is 11.3. The molecule has 0 aliphatic carbocycles. The zero-order valence-electron chi connectivity index (χ0n) is 32.5. The van der Waals surface area contributed by atoms with Gasteiger partial charge < -0.3 is 0 Å². The second-order valence-electron chi connectivity index (χ2n) is 14.7. The summed E-state index contributed by atoms with van der Waals surface area (Å²) < 4.78 is 20.2. The molecule has 0 N–H and O–H groups in total. The van der Waals surface area contributed by atoms with Crippen molar-refractivity contribution in [2.24, 2.45) is 0 Å². The number of hydrogen-bond acceptors (Lipinski definition) is 2. The van der Waals surface area contributed by atoms with Crippen molar-refractivity contribution in [1.82, 2.24) is 0 Å². The van der Waals surface area contributed by atoms with E-state index in [1.54, 1.807) is 0 Å². The van der Waals surface area contributed by atoms with Crippen LogP contribution in [0.3, 0.4) is 0 Å². The van der Waals surface area contributed by atoms with Gasteiger partial charge in [-0.3, -0.25) is 0 Å². The Morgan fingerprint density at radius 3 is 0.750 bits per heavy atom. The van der Waals surface area contributed by atoms with Gasteiger partial charge in [-0.05, 0) is 0 Å². The first kappa shape index (κ1) is 41.6. The molecule has 0 amide bonds. The van der Waals surface area contributed by atoms with E-state index in [2.05, 4.69) is 219 Å². The summed E-state index contributed by atoms with van der Waals surface area (Å²) >= 11 is -6.19. The summed E-state index contributed by atoms with van der Waals surface area (Å²) in [4.78, 5) is 0. The van der Waals surface area contributed by atoms with Gasteiger partial charge in [0.25, 0.3) is 0 Å². The van der Waals surface area contributed by atoms with Crippen LogP contribution in [0.2, 0.25) is 0 Å². The average Bonchev–Trinajstić information content (AvgIpc) is 3.25. The van der Waals surface area contributed by atoms with Crippen LogP contribution < -0.4 is 0 Å². The Balaban J connectivity index is 0.000000192. The minimum absolute atomic E-state index is 0.641. The Morgan fingerprint density at radius 2 is 0.518 bits per heavy atom. The molecule has 7 rings (SSSR count). The quantitative estimate of drug-likeness (QED) is 0.0799.